The maximum atomic E-state index is 12.3. The van der Waals surface area contributed by atoms with Crippen LogP contribution in [-0.2, 0) is 13.1 Å². The summed E-state index contributed by atoms with van der Waals surface area (Å²) in [5.74, 6) is 1.15. The minimum atomic E-state index is -0.274. The second-order valence-electron chi connectivity index (χ2n) is 6.14. The zero-order chi connectivity index (χ0) is 19.5. The molecular weight excluding hydrogens is 378 g/mol. The average molecular weight is 395 g/mol. The second kappa shape index (κ2) is 7.61. The fourth-order valence-electron chi connectivity index (χ4n) is 2.67. The van der Waals surface area contributed by atoms with Gasteiger partial charge < -0.3 is 15.2 Å². The number of fused-ring (bicyclic) bond motifs is 1. The smallest absolute Gasteiger partial charge is 0.317 e. The van der Waals surface area contributed by atoms with Crippen molar-refractivity contribution in [2.24, 2.45) is 0 Å². The molecule has 2 N–H and O–H groups in total. The normalized spacial score (nSPS) is 10.9. The first-order chi connectivity index (χ1) is 13.6. The number of rotatable bonds is 5. The summed E-state index contributed by atoms with van der Waals surface area (Å²) >= 11 is 1.34. The van der Waals surface area contributed by atoms with Crippen LogP contribution in [0.1, 0.15) is 11.4 Å². The number of hydrogen-bond acceptors (Lipinski definition) is 6. The third-order valence-electron chi connectivity index (χ3n) is 4.09. The molecule has 4 rings (SSSR count). The van der Waals surface area contributed by atoms with E-state index in [1.165, 1.54) is 16.2 Å². The number of carbonyl (C=O) groups is 1. The maximum absolute atomic E-state index is 12.3. The van der Waals surface area contributed by atoms with Crippen LogP contribution in [0.4, 0.5) is 4.79 Å². The third kappa shape index (κ3) is 3.76. The van der Waals surface area contributed by atoms with Crippen molar-refractivity contribution in [2.75, 3.05) is 7.05 Å². The highest BCUT2D eigenvalue weighted by Crippen LogP contribution is 2.14. The topological polar surface area (TPSA) is 109 Å². The molecule has 0 aliphatic carbocycles. The van der Waals surface area contributed by atoms with Gasteiger partial charge in [0, 0.05) is 32.2 Å². The molecule has 0 spiro atoms. The first-order valence-corrected chi connectivity index (χ1v) is 9.38. The zero-order valence-electron chi connectivity index (χ0n) is 15.0. The number of urea groups is 1. The van der Waals surface area contributed by atoms with Gasteiger partial charge in [-0.05, 0) is 29.1 Å². The van der Waals surface area contributed by atoms with Crippen molar-refractivity contribution in [2.45, 2.75) is 13.1 Å². The fourth-order valence-corrected chi connectivity index (χ4v) is 3.39. The monoisotopic (exact) mass is 395 g/mol. The molecule has 28 heavy (non-hydrogen) atoms. The van der Waals surface area contributed by atoms with Gasteiger partial charge in [0.25, 0.3) is 5.56 Å². The van der Waals surface area contributed by atoms with Gasteiger partial charge in [0.05, 0.1) is 12.1 Å². The summed E-state index contributed by atoms with van der Waals surface area (Å²) in [5.41, 5.74) is 1.32. The molecule has 0 unspecified atom stereocenters. The lowest BCUT2D eigenvalue weighted by Crippen LogP contribution is -2.37. The molecule has 4 heterocycles. The summed E-state index contributed by atoms with van der Waals surface area (Å²) < 4.78 is 2.25. The van der Waals surface area contributed by atoms with Gasteiger partial charge in [-0.1, -0.05) is 6.07 Å². The Morgan fingerprint density at radius 3 is 3.00 bits per heavy atom. The molecule has 0 bridgehead atoms. The highest BCUT2D eigenvalue weighted by atomic mass is 32.1. The average Bonchev–Trinajstić information content (AvgIpc) is 3.38. The zero-order valence-corrected chi connectivity index (χ0v) is 15.8. The Morgan fingerprint density at radius 1 is 1.36 bits per heavy atom. The van der Waals surface area contributed by atoms with Gasteiger partial charge in [-0.15, -0.1) is 11.3 Å². The lowest BCUT2D eigenvalue weighted by Gasteiger charge is -2.17. The Hall–Kier alpha value is -3.53. The SMILES string of the molecule is CN(Cc1nc2ccsc2c(=O)[nH]1)C(=O)NCc1ccc(-n2cccn2)nc1. The van der Waals surface area contributed by atoms with E-state index < -0.39 is 0 Å². The van der Waals surface area contributed by atoms with Gasteiger partial charge in [-0.2, -0.15) is 5.10 Å². The Labute approximate surface area is 163 Å². The summed E-state index contributed by atoms with van der Waals surface area (Å²) in [7, 11) is 1.65. The van der Waals surface area contributed by atoms with Gasteiger partial charge in [0.15, 0.2) is 5.82 Å². The second-order valence-corrected chi connectivity index (χ2v) is 7.05. The molecule has 4 aromatic rings. The molecule has 0 aliphatic rings. The number of amides is 2. The van der Waals surface area contributed by atoms with Crippen LogP contribution < -0.4 is 10.9 Å². The van der Waals surface area contributed by atoms with Crippen LogP contribution in [0.5, 0.6) is 0 Å². The number of nitrogens with one attached hydrogen (secondary N) is 2. The standard InChI is InChI=1S/C18H17N7O2S/c1-24(11-14-22-13-5-8-28-16(13)17(26)23-14)18(27)20-10-12-3-4-15(19-9-12)25-7-2-6-21-25/h2-9H,10-11H2,1H3,(H,20,27)(H,22,23,26). The fraction of sp³-hybridized carbons (Fsp3) is 0.167. The molecule has 0 aliphatic heterocycles. The van der Waals surface area contributed by atoms with Crippen molar-refractivity contribution in [3.8, 4) is 5.82 Å². The van der Waals surface area contributed by atoms with Crippen LogP contribution >= 0.6 is 11.3 Å². The number of H-pyrrole nitrogens is 1. The number of aromatic nitrogens is 5. The van der Waals surface area contributed by atoms with Gasteiger partial charge in [0.1, 0.15) is 10.5 Å². The predicted octanol–water partition coefficient (Wildman–Crippen LogP) is 1.91. The molecule has 0 fully saturated rings. The van der Waals surface area contributed by atoms with Gasteiger partial charge >= 0.3 is 6.03 Å². The van der Waals surface area contributed by atoms with Crippen molar-refractivity contribution in [3.63, 3.8) is 0 Å². The Kier molecular flexibility index (Phi) is 4.85. The molecule has 10 heteroatoms. The summed E-state index contributed by atoms with van der Waals surface area (Å²) in [6.07, 6.45) is 5.19. The molecule has 2 amide bonds. The largest absolute Gasteiger partial charge is 0.334 e. The Balaban J connectivity index is 1.35. The van der Waals surface area contributed by atoms with E-state index in [1.54, 1.807) is 30.2 Å². The van der Waals surface area contributed by atoms with Crippen LogP contribution in [0.2, 0.25) is 0 Å². The summed E-state index contributed by atoms with van der Waals surface area (Å²) in [6.45, 7) is 0.534. The maximum Gasteiger partial charge on any atom is 0.317 e. The first kappa shape index (κ1) is 17.9. The van der Waals surface area contributed by atoms with E-state index in [-0.39, 0.29) is 18.1 Å². The Morgan fingerprint density at radius 2 is 2.25 bits per heavy atom. The number of aromatic amines is 1. The van der Waals surface area contributed by atoms with E-state index >= 15 is 0 Å². The summed E-state index contributed by atoms with van der Waals surface area (Å²) in [6, 6.07) is 7.06. The van der Waals surface area contributed by atoms with Crippen LogP contribution in [-0.4, -0.2) is 42.7 Å². The highest BCUT2D eigenvalue weighted by Gasteiger charge is 2.12. The van der Waals surface area contributed by atoms with Gasteiger partial charge in [-0.25, -0.2) is 19.4 Å². The number of thiophene rings is 1. The molecule has 4 aromatic heterocycles. The lowest BCUT2D eigenvalue weighted by atomic mass is 10.3. The predicted molar refractivity (Wildman–Crippen MR) is 105 cm³/mol. The summed E-state index contributed by atoms with van der Waals surface area (Å²) in [4.78, 5) is 37.3. The third-order valence-corrected chi connectivity index (χ3v) is 4.99. The lowest BCUT2D eigenvalue weighted by molar-refractivity contribution is 0.205. The van der Waals surface area contributed by atoms with Crippen LogP contribution in [0, 0.1) is 0 Å². The molecule has 0 atom stereocenters. The van der Waals surface area contributed by atoms with Gasteiger partial charge in [-0.3, -0.25) is 4.79 Å². The van der Waals surface area contributed by atoms with E-state index in [0.29, 0.717) is 28.4 Å². The molecule has 0 radical (unpaired) electrons. The van der Waals surface area contributed by atoms with E-state index in [0.717, 1.165) is 5.56 Å². The molecule has 0 saturated carbocycles. The van der Waals surface area contributed by atoms with E-state index in [4.69, 9.17) is 0 Å². The minimum Gasteiger partial charge on any atom is -0.334 e. The van der Waals surface area contributed by atoms with Crippen molar-refractivity contribution >= 4 is 27.6 Å². The number of hydrogen-bond donors (Lipinski definition) is 2. The van der Waals surface area contributed by atoms with E-state index in [2.05, 4.69) is 25.4 Å². The van der Waals surface area contributed by atoms with Crippen molar-refractivity contribution in [1.29, 1.82) is 0 Å². The van der Waals surface area contributed by atoms with Crippen LogP contribution in [0.15, 0.2) is 53.0 Å². The quantitative estimate of drug-likeness (QED) is 0.537. The minimum absolute atomic E-state index is 0.188. The number of pyridine rings is 1. The van der Waals surface area contributed by atoms with Crippen molar-refractivity contribution in [3.05, 3.63) is 70.0 Å². The number of carbonyl (C=O) groups excluding carboxylic acids is 1. The van der Waals surface area contributed by atoms with E-state index in [9.17, 15) is 9.59 Å². The first-order valence-electron chi connectivity index (χ1n) is 8.50. The Bertz CT molecular complexity index is 1150. The molecule has 142 valence electrons. The van der Waals surface area contributed by atoms with Crippen molar-refractivity contribution in [1.82, 2.24) is 34.9 Å². The molecule has 0 saturated heterocycles. The molecule has 0 aromatic carbocycles. The molecular formula is C18H17N7O2S. The van der Waals surface area contributed by atoms with Crippen molar-refractivity contribution < 1.29 is 4.79 Å². The highest BCUT2D eigenvalue weighted by molar-refractivity contribution is 7.17. The van der Waals surface area contributed by atoms with Gasteiger partial charge in [0.2, 0.25) is 0 Å². The van der Waals surface area contributed by atoms with Crippen LogP contribution in [0.25, 0.3) is 16.0 Å². The van der Waals surface area contributed by atoms with Crippen LogP contribution in [0.3, 0.4) is 0 Å². The molecule has 9 nitrogen and oxygen atoms in total. The van der Waals surface area contributed by atoms with E-state index in [1.807, 2.05) is 29.8 Å². The number of nitrogens with zero attached hydrogens (tertiary/aromatic N) is 5. The summed E-state index contributed by atoms with van der Waals surface area (Å²) in [5, 5.41) is 8.77.